The van der Waals surface area contributed by atoms with E-state index in [0.717, 1.165) is 49.6 Å². The normalized spacial score (nSPS) is 16.2. The molecule has 6 nitrogen and oxygen atoms in total. The highest BCUT2D eigenvalue weighted by atomic mass is 19.4. The molecule has 2 aromatic rings. The van der Waals surface area contributed by atoms with Crippen molar-refractivity contribution < 1.29 is 13.2 Å². The molecule has 0 atom stereocenters. The Morgan fingerprint density at radius 2 is 1.87 bits per heavy atom. The maximum Gasteiger partial charge on any atom is 0.416 e. The van der Waals surface area contributed by atoms with Crippen molar-refractivity contribution in [2.24, 2.45) is 12.0 Å². The molecule has 0 radical (unpaired) electrons. The molecule has 1 aromatic heterocycles. The van der Waals surface area contributed by atoms with Crippen LogP contribution in [0.4, 0.5) is 13.2 Å². The number of alkyl halides is 3. The second-order valence-electron chi connectivity index (χ2n) is 7.64. The highest BCUT2D eigenvalue weighted by Gasteiger charge is 2.30. The van der Waals surface area contributed by atoms with Crippen LogP contribution in [0.2, 0.25) is 0 Å². The van der Waals surface area contributed by atoms with Gasteiger partial charge in [-0.25, -0.2) is 0 Å². The molecule has 164 valence electrons. The first-order chi connectivity index (χ1) is 14.2. The summed E-state index contributed by atoms with van der Waals surface area (Å²) >= 11 is 0. The third-order valence-corrected chi connectivity index (χ3v) is 5.63. The molecule has 0 amide bonds. The predicted octanol–water partition coefficient (Wildman–Crippen LogP) is 2.95. The minimum absolute atomic E-state index is 0.512. The molecule has 1 aliphatic rings. The van der Waals surface area contributed by atoms with Crippen LogP contribution in [0.25, 0.3) is 0 Å². The van der Waals surface area contributed by atoms with Crippen molar-refractivity contribution in [3.8, 4) is 0 Å². The molecule has 1 aliphatic heterocycles. The highest BCUT2D eigenvalue weighted by molar-refractivity contribution is 5.80. The van der Waals surface area contributed by atoms with Crippen LogP contribution in [0.5, 0.6) is 0 Å². The molecule has 0 saturated carbocycles. The summed E-state index contributed by atoms with van der Waals surface area (Å²) in [4.78, 5) is 8.76. The van der Waals surface area contributed by atoms with Crippen molar-refractivity contribution in [3.05, 3.63) is 52.3 Å². The lowest BCUT2D eigenvalue weighted by Gasteiger charge is -2.36. The van der Waals surface area contributed by atoms with E-state index in [-0.39, 0.29) is 0 Å². The van der Waals surface area contributed by atoms with E-state index in [9.17, 15) is 13.2 Å². The first-order valence-electron chi connectivity index (χ1n) is 10.0. The zero-order valence-electron chi connectivity index (χ0n) is 17.9. The Labute approximate surface area is 175 Å². The molecule has 1 N–H and O–H groups in total. The summed E-state index contributed by atoms with van der Waals surface area (Å²) in [5.74, 6) is 0.830. The van der Waals surface area contributed by atoms with Gasteiger partial charge in [-0.05, 0) is 25.5 Å². The van der Waals surface area contributed by atoms with Crippen molar-refractivity contribution in [2.75, 3.05) is 33.2 Å². The number of nitrogens with one attached hydrogen (secondary N) is 1. The van der Waals surface area contributed by atoms with Gasteiger partial charge in [-0.15, -0.1) is 0 Å². The van der Waals surface area contributed by atoms with Gasteiger partial charge in [-0.2, -0.15) is 18.3 Å². The fraction of sp³-hybridized carbons (Fsp3) is 0.524. The van der Waals surface area contributed by atoms with Gasteiger partial charge in [0.1, 0.15) is 0 Å². The number of benzene rings is 1. The summed E-state index contributed by atoms with van der Waals surface area (Å²) in [6, 6.07) is 5.58. The van der Waals surface area contributed by atoms with E-state index in [1.54, 1.807) is 13.1 Å². The van der Waals surface area contributed by atoms with Gasteiger partial charge in [-0.3, -0.25) is 14.6 Å². The smallest absolute Gasteiger partial charge is 0.352 e. The number of aliphatic imine (C=N–C) groups is 1. The van der Waals surface area contributed by atoms with Crippen LogP contribution in [0, 0.1) is 13.8 Å². The van der Waals surface area contributed by atoms with E-state index in [0.29, 0.717) is 18.7 Å². The molecule has 1 aromatic carbocycles. The monoisotopic (exact) mass is 422 g/mol. The Bertz CT molecular complexity index is 895. The van der Waals surface area contributed by atoms with Gasteiger partial charge in [0.25, 0.3) is 0 Å². The second kappa shape index (κ2) is 9.07. The molecule has 0 aliphatic carbocycles. The Hall–Kier alpha value is -2.55. The number of hydrogen-bond acceptors (Lipinski definition) is 3. The third-order valence-electron chi connectivity index (χ3n) is 5.63. The summed E-state index contributed by atoms with van der Waals surface area (Å²) in [7, 11) is 3.70. The van der Waals surface area contributed by atoms with Crippen LogP contribution >= 0.6 is 0 Å². The fourth-order valence-electron chi connectivity index (χ4n) is 3.80. The molecule has 3 rings (SSSR count). The fourth-order valence-corrected chi connectivity index (χ4v) is 3.80. The minimum Gasteiger partial charge on any atom is -0.352 e. The van der Waals surface area contributed by atoms with Crippen molar-refractivity contribution in [1.29, 1.82) is 0 Å². The summed E-state index contributed by atoms with van der Waals surface area (Å²) in [6.07, 6.45) is -4.31. The van der Waals surface area contributed by atoms with Crippen molar-refractivity contribution in [1.82, 2.24) is 24.9 Å². The van der Waals surface area contributed by atoms with Gasteiger partial charge in [-0.1, -0.05) is 18.2 Å². The molecular formula is C21H29F3N6. The molecule has 1 fully saturated rings. The summed E-state index contributed by atoms with van der Waals surface area (Å²) in [5.41, 5.74) is 3.39. The van der Waals surface area contributed by atoms with Crippen LogP contribution in [-0.2, 0) is 26.3 Å². The van der Waals surface area contributed by atoms with Gasteiger partial charge in [0.05, 0.1) is 11.3 Å². The maximum atomic E-state index is 12.9. The topological polar surface area (TPSA) is 48.7 Å². The zero-order chi connectivity index (χ0) is 21.9. The maximum absolute atomic E-state index is 12.9. The molecule has 1 saturated heterocycles. The van der Waals surface area contributed by atoms with E-state index in [1.165, 1.54) is 17.7 Å². The number of guanidine groups is 1. The van der Waals surface area contributed by atoms with E-state index < -0.39 is 11.7 Å². The number of piperazine rings is 1. The average Bonchev–Trinajstić information content (AvgIpc) is 2.95. The van der Waals surface area contributed by atoms with E-state index in [2.05, 4.69) is 25.2 Å². The van der Waals surface area contributed by atoms with Gasteiger partial charge < -0.3 is 10.2 Å². The number of halogens is 3. The van der Waals surface area contributed by atoms with E-state index in [1.807, 2.05) is 25.6 Å². The van der Waals surface area contributed by atoms with Gasteiger partial charge >= 0.3 is 6.18 Å². The number of aromatic nitrogens is 2. The van der Waals surface area contributed by atoms with Crippen molar-refractivity contribution >= 4 is 5.96 Å². The highest BCUT2D eigenvalue weighted by Crippen LogP contribution is 2.29. The van der Waals surface area contributed by atoms with Crippen LogP contribution < -0.4 is 5.32 Å². The Balaban J connectivity index is 1.54. The third kappa shape index (κ3) is 5.13. The Morgan fingerprint density at radius 1 is 1.17 bits per heavy atom. The first-order valence-corrected chi connectivity index (χ1v) is 10.0. The number of nitrogens with zero attached hydrogens (tertiary/aromatic N) is 5. The number of rotatable bonds is 4. The lowest BCUT2D eigenvalue weighted by Crippen LogP contribution is -2.52. The summed E-state index contributed by atoms with van der Waals surface area (Å²) in [5, 5.41) is 7.86. The van der Waals surface area contributed by atoms with Crippen LogP contribution in [0.15, 0.2) is 29.3 Å². The number of aryl methyl sites for hydroxylation is 2. The Morgan fingerprint density at radius 3 is 2.43 bits per heavy atom. The predicted molar refractivity (Wildman–Crippen MR) is 111 cm³/mol. The largest absolute Gasteiger partial charge is 0.416 e. The average molecular weight is 422 g/mol. The first kappa shape index (κ1) is 22.1. The second-order valence-corrected chi connectivity index (χ2v) is 7.64. The molecule has 0 spiro atoms. The quantitative estimate of drug-likeness (QED) is 0.608. The molecular weight excluding hydrogens is 393 g/mol. The minimum atomic E-state index is -4.31. The zero-order valence-corrected chi connectivity index (χ0v) is 17.9. The SMILES string of the molecule is CN=C(NCc1c(C)nn(C)c1C)N1CCN(Cc2cccc(C(F)(F)F)c2)CC1. The van der Waals surface area contributed by atoms with Crippen LogP contribution in [-0.4, -0.2) is 58.8 Å². The molecule has 2 heterocycles. The van der Waals surface area contributed by atoms with Gasteiger partial charge in [0.15, 0.2) is 5.96 Å². The lowest BCUT2D eigenvalue weighted by molar-refractivity contribution is -0.137. The van der Waals surface area contributed by atoms with Crippen LogP contribution in [0.1, 0.15) is 28.1 Å². The molecule has 0 unspecified atom stereocenters. The lowest BCUT2D eigenvalue weighted by atomic mass is 10.1. The molecule has 9 heteroatoms. The standard InChI is InChI=1S/C21H29F3N6/c1-15-19(16(2)28(4)27-15)13-26-20(25-3)30-10-8-29(9-11-30)14-17-6-5-7-18(12-17)21(22,23)24/h5-7,12H,8-11,13-14H2,1-4H3,(H,25,26). The summed E-state index contributed by atoms with van der Waals surface area (Å²) in [6.45, 7) is 8.28. The van der Waals surface area contributed by atoms with Crippen molar-refractivity contribution in [3.63, 3.8) is 0 Å². The Kier molecular flexibility index (Phi) is 6.70. The van der Waals surface area contributed by atoms with Gasteiger partial charge in [0, 0.05) is 64.6 Å². The van der Waals surface area contributed by atoms with Gasteiger partial charge in [0.2, 0.25) is 0 Å². The van der Waals surface area contributed by atoms with E-state index in [4.69, 9.17) is 0 Å². The van der Waals surface area contributed by atoms with E-state index >= 15 is 0 Å². The number of hydrogen-bond donors (Lipinski definition) is 1. The van der Waals surface area contributed by atoms with Crippen LogP contribution in [0.3, 0.4) is 0 Å². The summed E-state index contributed by atoms with van der Waals surface area (Å²) < 4.78 is 40.7. The molecule has 30 heavy (non-hydrogen) atoms. The van der Waals surface area contributed by atoms with Crippen molar-refractivity contribution in [2.45, 2.75) is 33.1 Å². The molecule has 0 bridgehead atoms.